The summed E-state index contributed by atoms with van der Waals surface area (Å²) in [5.41, 5.74) is -2.18. The van der Waals surface area contributed by atoms with Gasteiger partial charge in [-0.2, -0.15) is 4.74 Å². The first-order chi connectivity index (χ1) is 10.8. The average molecular weight is 336 g/mol. The van der Waals surface area contributed by atoms with Crippen molar-refractivity contribution in [3.05, 3.63) is 34.2 Å². The van der Waals surface area contributed by atoms with Gasteiger partial charge < -0.3 is 20.3 Å². The molecule has 0 amide bonds. The lowest BCUT2D eigenvalue weighted by Gasteiger charge is -2.46. The Morgan fingerprint density at radius 2 is 1.83 bits per heavy atom. The van der Waals surface area contributed by atoms with Crippen LogP contribution >= 0.6 is 0 Å². The summed E-state index contributed by atoms with van der Waals surface area (Å²) in [6.45, 7) is 7.77. The van der Waals surface area contributed by atoms with E-state index in [9.17, 15) is 25.1 Å². The number of carbonyl (C=O) groups excluding carboxylic acids is 1. The molecule has 0 saturated heterocycles. The zero-order chi connectivity index (χ0) is 18.5. The summed E-state index contributed by atoms with van der Waals surface area (Å²) in [6.07, 6.45) is 0.993. The van der Waals surface area contributed by atoms with Crippen LogP contribution in [0.4, 0.5) is 5.69 Å². The van der Waals surface area contributed by atoms with Crippen molar-refractivity contribution in [2.24, 2.45) is 0 Å². The molecule has 1 N–H and O–H groups in total. The van der Waals surface area contributed by atoms with Crippen molar-refractivity contribution in [1.82, 2.24) is 4.65 Å². The summed E-state index contributed by atoms with van der Waals surface area (Å²) in [5, 5.41) is 34.8. The van der Waals surface area contributed by atoms with Gasteiger partial charge >= 0.3 is 18.3 Å². The number of rotatable bonds is 3. The number of esters is 1. The van der Waals surface area contributed by atoms with E-state index in [0.29, 0.717) is 4.74 Å². The molecule has 0 bridgehead atoms. The molecule has 0 spiro atoms. The standard InChI is InChI=1S/C16H20N2O6/c1-10(19)24-13-8-11(6-7-12(13)14(20)21)18(23)9-17(22)15(2,3)16(18,4)5/h6-9H,1-5H3,(H,20,21). The minimum Gasteiger partial charge on any atom is -0.619 e. The Morgan fingerprint density at radius 1 is 1.25 bits per heavy atom. The normalized spacial score (nSPS) is 24.3. The van der Waals surface area contributed by atoms with Crippen molar-refractivity contribution in [2.45, 2.75) is 45.7 Å². The molecule has 0 radical (unpaired) electrons. The number of hydroxylamine groups is 3. The van der Waals surface area contributed by atoms with Gasteiger partial charge in [0.2, 0.25) is 5.54 Å². The van der Waals surface area contributed by atoms with E-state index >= 15 is 0 Å². The van der Waals surface area contributed by atoms with Crippen LogP contribution in [0.5, 0.6) is 5.75 Å². The number of nitrogens with zero attached hydrogens (tertiary/aromatic N) is 2. The van der Waals surface area contributed by atoms with Gasteiger partial charge in [-0.05, 0) is 19.9 Å². The number of carboxylic acid groups (broad SMARTS) is 1. The number of hydrogen-bond acceptors (Lipinski definition) is 5. The second kappa shape index (κ2) is 5.29. The molecule has 130 valence electrons. The van der Waals surface area contributed by atoms with Gasteiger partial charge in [-0.25, -0.2) is 9.44 Å². The Balaban J connectivity index is 2.65. The van der Waals surface area contributed by atoms with Crippen LogP contribution in [-0.2, 0) is 4.79 Å². The molecule has 1 atom stereocenters. The molecule has 1 aromatic rings. The van der Waals surface area contributed by atoms with E-state index in [4.69, 9.17) is 4.74 Å². The number of ether oxygens (including phenoxy) is 1. The summed E-state index contributed by atoms with van der Waals surface area (Å²) < 4.78 is 4.43. The molecule has 24 heavy (non-hydrogen) atoms. The van der Waals surface area contributed by atoms with Gasteiger partial charge in [0.1, 0.15) is 11.3 Å². The van der Waals surface area contributed by atoms with Crippen LogP contribution in [0.25, 0.3) is 0 Å². The topological polar surface area (TPSA) is 113 Å². The van der Waals surface area contributed by atoms with Crippen molar-refractivity contribution in [3.63, 3.8) is 0 Å². The van der Waals surface area contributed by atoms with Gasteiger partial charge in [0.05, 0.1) is 0 Å². The maximum absolute atomic E-state index is 13.5. The number of benzene rings is 1. The van der Waals surface area contributed by atoms with E-state index in [-0.39, 0.29) is 17.0 Å². The smallest absolute Gasteiger partial charge is 0.344 e. The number of quaternary nitrogens is 1. The first-order valence-electron chi connectivity index (χ1n) is 7.33. The maximum atomic E-state index is 13.5. The van der Waals surface area contributed by atoms with E-state index in [1.54, 1.807) is 27.7 Å². The fourth-order valence-electron chi connectivity index (χ4n) is 2.64. The molecule has 1 unspecified atom stereocenters. The Bertz CT molecular complexity index is 753. The predicted molar refractivity (Wildman–Crippen MR) is 87.7 cm³/mol. The first kappa shape index (κ1) is 17.9. The fraction of sp³-hybridized carbons (Fsp3) is 0.438. The highest BCUT2D eigenvalue weighted by Crippen LogP contribution is 2.44. The van der Waals surface area contributed by atoms with Gasteiger partial charge in [-0.15, -0.1) is 0 Å². The minimum atomic E-state index is -1.29. The molecule has 8 nitrogen and oxygen atoms in total. The molecule has 2 rings (SSSR count). The summed E-state index contributed by atoms with van der Waals surface area (Å²) in [7, 11) is 0. The Morgan fingerprint density at radius 3 is 2.25 bits per heavy atom. The van der Waals surface area contributed by atoms with Crippen LogP contribution in [0.15, 0.2) is 18.2 Å². The van der Waals surface area contributed by atoms with E-state index in [1.165, 1.54) is 18.2 Å². The van der Waals surface area contributed by atoms with Crippen molar-refractivity contribution in [2.75, 3.05) is 0 Å². The average Bonchev–Trinajstić information content (AvgIpc) is 2.56. The third-order valence-electron chi connectivity index (χ3n) is 4.98. The van der Waals surface area contributed by atoms with Gasteiger partial charge in [-0.3, -0.25) is 4.79 Å². The third-order valence-corrected chi connectivity index (χ3v) is 4.98. The maximum Gasteiger partial charge on any atom is 0.344 e. The van der Waals surface area contributed by atoms with Crippen LogP contribution in [0, 0.1) is 10.4 Å². The van der Waals surface area contributed by atoms with Crippen molar-refractivity contribution in [3.8, 4) is 5.75 Å². The van der Waals surface area contributed by atoms with Crippen molar-refractivity contribution < 1.29 is 24.2 Å². The molecule has 0 fully saturated rings. The highest BCUT2D eigenvalue weighted by Gasteiger charge is 2.62. The van der Waals surface area contributed by atoms with E-state index in [2.05, 4.69) is 0 Å². The van der Waals surface area contributed by atoms with Gasteiger partial charge in [-0.1, -0.05) is 0 Å². The molecule has 1 aliphatic rings. The Hall–Kier alpha value is -2.45. The Kier molecular flexibility index (Phi) is 3.94. The Labute approximate surface area is 139 Å². The molecular weight excluding hydrogens is 316 g/mol. The second-order valence-electron chi connectivity index (χ2n) is 6.80. The van der Waals surface area contributed by atoms with Crippen LogP contribution in [0.3, 0.4) is 0 Å². The molecule has 1 aliphatic heterocycles. The van der Waals surface area contributed by atoms with E-state index in [1.807, 2.05) is 0 Å². The SMILES string of the molecule is CC(=O)Oc1cc([N+]2([O-])C=[N+]([O-])C(C)(C)C2(C)C)ccc1C(=O)O. The molecule has 0 aliphatic carbocycles. The van der Waals surface area contributed by atoms with Crippen LogP contribution in [-0.4, -0.2) is 39.2 Å². The number of hydrogen-bond donors (Lipinski definition) is 1. The highest BCUT2D eigenvalue weighted by atomic mass is 16.6. The minimum absolute atomic E-state index is 0.104. The van der Waals surface area contributed by atoms with Crippen LogP contribution < -0.4 is 9.38 Å². The predicted octanol–water partition coefficient (Wildman–Crippen LogP) is 2.22. The van der Waals surface area contributed by atoms with Gasteiger partial charge in [0.15, 0.2) is 11.3 Å². The molecule has 1 heterocycles. The summed E-state index contributed by atoms with van der Waals surface area (Å²) >= 11 is 0. The van der Waals surface area contributed by atoms with E-state index < -0.39 is 27.7 Å². The third kappa shape index (κ3) is 2.35. The number of aromatic carboxylic acids is 1. The lowest BCUT2D eigenvalue weighted by Crippen LogP contribution is -2.63. The summed E-state index contributed by atoms with van der Waals surface area (Å²) in [4.78, 5) is 22.5. The molecule has 1 aromatic carbocycles. The molecular formula is C16H20N2O6. The molecule has 0 saturated carbocycles. The van der Waals surface area contributed by atoms with Crippen LogP contribution in [0.1, 0.15) is 45.0 Å². The van der Waals surface area contributed by atoms with Crippen molar-refractivity contribution in [1.29, 1.82) is 0 Å². The van der Waals surface area contributed by atoms with Crippen LogP contribution in [0.2, 0.25) is 0 Å². The number of carbonyl (C=O) groups is 2. The van der Waals surface area contributed by atoms with Crippen molar-refractivity contribution >= 4 is 24.0 Å². The summed E-state index contributed by atoms with van der Waals surface area (Å²) in [6, 6.07) is 3.72. The highest BCUT2D eigenvalue weighted by molar-refractivity contribution is 5.93. The van der Waals surface area contributed by atoms with Gasteiger partial charge in [0.25, 0.3) is 0 Å². The molecule has 0 aromatic heterocycles. The fourth-order valence-corrected chi connectivity index (χ4v) is 2.64. The zero-order valence-corrected chi connectivity index (χ0v) is 14.2. The largest absolute Gasteiger partial charge is 0.619 e. The lowest BCUT2D eigenvalue weighted by molar-refractivity contribution is -0.536. The summed E-state index contributed by atoms with van der Waals surface area (Å²) in [5.74, 6) is -2.22. The zero-order valence-electron chi connectivity index (χ0n) is 14.2. The monoisotopic (exact) mass is 336 g/mol. The first-order valence-corrected chi connectivity index (χ1v) is 7.33. The number of carboxylic acids is 1. The quantitative estimate of drug-likeness (QED) is 0.298. The lowest BCUT2D eigenvalue weighted by atomic mass is 9.82. The second-order valence-corrected chi connectivity index (χ2v) is 6.80. The molecule has 8 heteroatoms. The van der Waals surface area contributed by atoms with E-state index in [0.717, 1.165) is 13.3 Å². The van der Waals surface area contributed by atoms with Gasteiger partial charge in [0, 0.05) is 32.9 Å².